The first-order chi connectivity index (χ1) is 10.7. The average Bonchev–Trinajstić information content (AvgIpc) is 3.05. The molecule has 1 aliphatic heterocycles. The molecule has 0 bridgehead atoms. The quantitative estimate of drug-likeness (QED) is 0.699. The second-order valence-corrected chi connectivity index (χ2v) is 6.42. The van der Waals surface area contributed by atoms with Gasteiger partial charge in [0.05, 0.1) is 22.6 Å². The Labute approximate surface area is 132 Å². The van der Waals surface area contributed by atoms with Crippen molar-refractivity contribution in [1.82, 2.24) is 14.5 Å². The van der Waals surface area contributed by atoms with E-state index in [1.54, 1.807) is 18.1 Å². The fraction of sp³-hybridized carbons (Fsp3) is 0.176. The van der Waals surface area contributed by atoms with Crippen LogP contribution in [0.1, 0.15) is 21.7 Å². The van der Waals surface area contributed by atoms with E-state index in [1.165, 1.54) is 0 Å². The molecule has 3 aromatic rings. The number of hydrogen-bond acceptors (Lipinski definition) is 3. The molecule has 0 fully saturated rings. The summed E-state index contributed by atoms with van der Waals surface area (Å²) < 4.78 is 2.11. The standard InChI is InChI=1S/C17H15N3OS/c1-10-13(19-9-18-10)7-11-8-22-17-15(16(11)21)12-5-3-4-6-14(12)20(17)2/h3-7,9H,8H2,1-2H3,(H,18,19)/b11-7+. The number of ketones is 1. The van der Waals surface area contributed by atoms with Gasteiger partial charge >= 0.3 is 0 Å². The number of thioether (sulfide) groups is 1. The van der Waals surface area contributed by atoms with Crippen LogP contribution in [-0.2, 0) is 7.05 Å². The predicted molar refractivity (Wildman–Crippen MR) is 89.3 cm³/mol. The number of nitrogens with one attached hydrogen (secondary N) is 1. The number of fused-ring (bicyclic) bond motifs is 3. The zero-order chi connectivity index (χ0) is 15.3. The Kier molecular flexibility index (Phi) is 2.97. The molecule has 22 heavy (non-hydrogen) atoms. The van der Waals surface area contributed by atoms with Crippen molar-refractivity contribution in [3.05, 3.63) is 53.1 Å². The maximum atomic E-state index is 12.9. The molecule has 0 aliphatic carbocycles. The minimum Gasteiger partial charge on any atom is -0.348 e. The van der Waals surface area contributed by atoms with Gasteiger partial charge in [-0.15, -0.1) is 11.8 Å². The molecule has 5 heteroatoms. The van der Waals surface area contributed by atoms with Crippen molar-refractivity contribution in [3.8, 4) is 0 Å². The Bertz CT molecular complexity index is 933. The molecule has 0 spiro atoms. The van der Waals surface area contributed by atoms with Crippen LogP contribution in [0.2, 0.25) is 0 Å². The van der Waals surface area contributed by atoms with Crippen molar-refractivity contribution in [3.63, 3.8) is 0 Å². The molecule has 2 aromatic heterocycles. The van der Waals surface area contributed by atoms with E-state index < -0.39 is 0 Å². The van der Waals surface area contributed by atoms with E-state index in [0.717, 1.165) is 38.5 Å². The molecule has 3 heterocycles. The zero-order valence-electron chi connectivity index (χ0n) is 12.4. The predicted octanol–water partition coefficient (Wildman–Crippen LogP) is 3.58. The zero-order valence-corrected chi connectivity index (χ0v) is 13.2. The van der Waals surface area contributed by atoms with Crippen LogP contribution in [0.4, 0.5) is 0 Å². The van der Waals surface area contributed by atoms with Crippen LogP contribution < -0.4 is 0 Å². The molecule has 0 unspecified atom stereocenters. The maximum absolute atomic E-state index is 12.9. The molecular weight excluding hydrogens is 294 g/mol. The first-order valence-electron chi connectivity index (χ1n) is 7.12. The lowest BCUT2D eigenvalue weighted by atomic mass is 10.0. The van der Waals surface area contributed by atoms with E-state index in [9.17, 15) is 4.79 Å². The maximum Gasteiger partial charge on any atom is 0.193 e. The summed E-state index contributed by atoms with van der Waals surface area (Å²) in [5, 5.41) is 2.09. The van der Waals surface area contributed by atoms with Gasteiger partial charge in [0, 0.05) is 35.0 Å². The highest BCUT2D eigenvalue weighted by Crippen LogP contribution is 2.39. The summed E-state index contributed by atoms with van der Waals surface area (Å²) in [7, 11) is 2.02. The van der Waals surface area contributed by atoms with Crippen molar-refractivity contribution >= 4 is 34.5 Å². The fourth-order valence-electron chi connectivity index (χ4n) is 2.92. The van der Waals surface area contributed by atoms with Gasteiger partial charge in [-0.2, -0.15) is 0 Å². The van der Waals surface area contributed by atoms with Gasteiger partial charge in [0.2, 0.25) is 0 Å². The summed E-state index contributed by atoms with van der Waals surface area (Å²) in [6.45, 7) is 1.96. The third-order valence-corrected chi connectivity index (χ3v) is 5.32. The first kappa shape index (κ1) is 13.4. The van der Waals surface area contributed by atoms with Gasteiger partial charge in [0.1, 0.15) is 0 Å². The SMILES string of the molecule is Cc1[nH]cnc1/C=C1\CSc2c(c3ccccc3n2C)C1=O. The Morgan fingerprint density at radius 3 is 2.95 bits per heavy atom. The Balaban J connectivity index is 1.89. The number of Topliss-reactive ketones (excluding diaryl/α,β-unsaturated/α-hetero) is 1. The van der Waals surface area contributed by atoms with Crippen molar-refractivity contribution in [2.45, 2.75) is 11.9 Å². The smallest absolute Gasteiger partial charge is 0.193 e. The summed E-state index contributed by atoms with van der Waals surface area (Å²) in [5.74, 6) is 0.801. The molecule has 0 atom stereocenters. The monoisotopic (exact) mass is 309 g/mol. The lowest BCUT2D eigenvalue weighted by Gasteiger charge is -2.15. The molecular formula is C17H15N3OS. The van der Waals surface area contributed by atoms with Crippen LogP contribution in [0.3, 0.4) is 0 Å². The van der Waals surface area contributed by atoms with E-state index in [-0.39, 0.29) is 5.78 Å². The summed E-state index contributed by atoms with van der Waals surface area (Å²) in [4.78, 5) is 20.3. The van der Waals surface area contributed by atoms with Gasteiger partial charge in [0.25, 0.3) is 0 Å². The summed E-state index contributed by atoms with van der Waals surface area (Å²) in [6, 6.07) is 8.07. The van der Waals surface area contributed by atoms with E-state index in [0.29, 0.717) is 5.75 Å². The highest BCUT2D eigenvalue weighted by Gasteiger charge is 2.28. The lowest BCUT2D eigenvalue weighted by Crippen LogP contribution is -2.12. The van der Waals surface area contributed by atoms with Gasteiger partial charge in [0.15, 0.2) is 5.78 Å². The van der Waals surface area contributed by atoms with Gasteiger partial charge < -0.3 is 9.55 Å². The first-order valence-corrected chi connectivity index (χ1v) is 8.11. The van der Waals surface area contributed by atoms with E-state index in [2.05, 4.69) is 20.6 Å². The Morgan fingerprint density at radius 2 is 2.18 bits per heavy atom. The Hall–Kier alpha value is -2.27. The largest absolute Gasteiger partial charge is 0.348 e. The van der Waals surface area contributed by atoms with Crippen LogP contribution in [0, 0.1) is 6.92 Å². The summed E-state index contributed by atoms with van der Waals surface area (Å²) >= 11 is 1.72. The second kappa shape index (κ2) is 4.88. The molecule has 0 amide bonds. The third-order valence-electron chi connectivity index (χ3n) is 4.12. The topological polar surface area (TPSA) is 50.7 Å². The van der Waals surface area contributed by atoms with Crippen LogP contribution >= 0.6 is 11.8 Å². The van der Waals surface area contributed by atoms with Gasteiger partial charge in [-0.25, -0.2) is 4.98 Å². The molecule has 0 radical (unpaired) electrons. The molecule has 1 N–H and O–H groups in total. The number of nitrogens with zero attached hydrogens (tertiary/aromatic N) is 2. The number of carbonyl (C=O) groups is 1. The van der Waals surface area contributed by atoms with Gasteiger partial charge in [-0.3, -0.25) is 4.79 Å². The molecule has 0 saturated carbocycles. The van der Waals surface area contributed by atoms with E-state index in [4.69, 9.17) is 0 Å². The molecule has 1 aromatic carbocycles. The molecule has 4 nitrogen and oxygen atoms in total. The lowest BCUT2D eigenvalue weighted by molar-refractivity contribution is 0.103. The third kappa shape index (κ3) is 1.85. The van der Waals surface area contributed by atoms with Crippen LogP contribution in [0.15, 0.2) is 41.2 Å². The number of para-hydroxylation sites is 1. The molecule has 110 valence electrons. The van der Waals surface area contributed by atoms with Crippen LogP contribution in [-0.4, -0.2) is 26.1 Å². The Morgan fingerprint density at radius 1 is 1.36 bits per heavy atom. The minimum atomic E-state index is 0.118. The summed E-state index contributed by atoms with van der Waals surface area (Å²) in [6.07, 6.45) is 3.57. The van der Waals surface area contributed by atoms with Gasteiger partial charge in [-0.1, -0.05) is 18.2 Å². The van der Waals surface area contributed by atoms with Crippen molar-refractivity contribution in [1.29, 1.82) is 0 Å². The number of aromatic nitrogens is 3. The number of H-pyrrole nitrogens is 1. The number of aryl methyl sites for hydroxylation is 2. The number of aromatic amines is 1. The van der Waals surface area contributed by atoms with Crippen molar-refractivity contribution in [2.75, 3.05) is 5.75 Å². The molecule has 1 aliphatic rings. The number of carbonyl (C=O) groups excluding carboxylic acids is 1. The fourth-order valence-corrected chi connectivity index (χ4v) is 4.06. The number of benzene rings is 1. The highest BCUT2D eigenvalue weighted by atomic mass is 32.2. The number of imidazole rings is 1. The summed E-state index contributed by atoms with van der Waals surface area (Å²) in [5.41, 5.74) is 4.56. The van der Waals surface area contributed by atoms with Crippen molar-refractivity contribution < 1.29 is 4.79 Å². The minimum absolute atomic E-state index is 0.118. The number of rotatable bonds is 1. The van der Waals surface area contributed by atoms with Crippen LogP contribution in [0.5, 0.6) is 0 Å². The normalized spacial score (nSPS) is 16.5. The van der Waals surface area contributed by atoms with Crippen molar-refractivity contribution in [2.24, 2.45) is 7.05 Å². The highest BCUT2D eigenvalue weighted by molar-refractivity contribution is 7.99. The van der Waals surface area contributed by atoms with E-state index in [1.807, 2.05) is 38.2 Å². The van der Waals surface area contributed by atoms with Gasteiger partial charge in [-0.05, 0) is 19.1 Å². The van der Waals surface area contributed by atoms with E-state index >= 15 is 0 Å². The molecule has 4 rings (SSSR count). The second-order valence-electron chi connectivity index (χ2n) is 5.46. The molecule has 0 saturated heterocycles. The average molecular weight is 309 g/mol. The van der Waals surface area contributed by atoms with Crippen LogP contribution in [0.25, 0.3) is 17.0 Å². The number of hydrogen-bond donors (Lipinski definition) is 1.